The third-order valence-electron chi connectivity index (χ3n) is 5.60. The molecule has 0 aliphatic heterocycles. The van der Waals surface area contributed by atoms with Gasteiger partial charge in [0.25, 0.3) is 5.91 Å². The molecule has 0 radical (unpaired) electrons. The monoisotopic (exact) mass is 491 g/mol. The first-order valence-electron chi connectivity index (χ1n) is 10.7. The Morgan fingerprint density at radius 2 is 1.81 bits per heavy atom. The normalized spacial score (nSPS) is 11.0. The van der Waals surface area contributed by atoms with Crippen LogP contribution in [0.15, 0.2) is 71.2 Å². The highest BCUT2D eigenvalue weighted by Crippen LogP contribution is 2.21. The summed E-state index contributed by atoms with van der Waals surface area (Å²) in [6.07, 6.45) is 0.639. The lowest BCUT2D eigenvalue weighted by Crippen LogP contribution is -2.26. The Bertz CT molecular complexity index is 1230. The molecule has 0 unspecified atom stereocenters. The van der Waals surface area contributed by atoms with Crippen LogP contribution in [0.4, 0.5) is 0 Å². The summed E-state index contributed by atoms with van der Waals surface area (Å²) in [5.41, 5.74) is 5.06. The van der Waals surface area contributed by atoms with Crippen molar-refractivity contribution in [2.75, 3.05) is 13.2 Å². The molecular weight excluding hydrogens is 466 g/mol. The van der Waals surface area contributed by atoms with Crippen molar-refractivity contribution in [3.63, 3.8) is 0 Å². The van der Waals surface area contributed by atoms with E-state index in [-0.39, 0.29) is 5.91 Å². The first-order valence-corrected chi connectivity index (χ1v) is 11.5. The summed E-state index contributed by atoms with van der Waals surface area (Å²) in [5, 5.41) is 3.00. The smallest absolute Gasteiger partial charge is 0.251 e. The molecule has 0 saturated carbocycles. The summed E-state index contributed by atoms with van der Waals surface area (Å²) >= 11 is 3.39. The second-order valence-corrected chi connectivity index (χ2v) is 8.64. The Morgan fingerprint density at radius 1 is 1.03 bits per heavy atom. The molecular formula is C26H26BrN3O2. The molecule has 1 N–H and O–H groups in total. The van der Waals surface area contributed by atoms with Crippen molar-refractivity contribution in [3.8, 4) is 5.75 Å². The number of aromatic nitrogens is 2. The minimum absolute atomic E-state index is 0.0848. The van der Waals surface area contributed by atoms with Gasteiger partial charge in [0.15, 0.2) is 0 Å². The van der Waals surface area contributed by atoms with Crippen molar-refractivity contribution in [1.82, 2.24) is 14.9 Å². The van der Waals surface area contributed by atoms with Crippen molar-refractivity contribution >= 4 is 32.9 Å². The van der Waals surface area contributed by atoms with Gasteiger partial charge in [-0.25, -0.2) is 4.98 Å². The van der Waals surface area contributed by atoms with Crippen molar-refractivity contribution in [2.45, 2.75) is 26.8 Å². The Balaban J connectivity index is 1.43. The lowest BCUT2D eigenvalue weighted by molar-refractivity contribution is 0.0954. The molecule has 1 amide bonds. The standard InChI is InChI=1S/C26H26BrN3O2/c1-18-6-5-9-24(19(18)2)32-17-16-30-23-8-4-3-7-22(23)29-25(30)14-15-28-26(31)20-10-12-21(27)13-11-20/h3-13H,14-17H2,1-2H3,(H,28,31). The van der Waals surface area contributed by atoms with E-state index in [1.54, 1.807) is 12.1 Å². The zero-order valence-corrected chi connectivity index (χ0v) is 19.9. The van der Waals surface area contributed by atoms with Crippen LogP contribution in [0.1, 0.15) is 27.3 Å². The van der Waals surface area contributed by atoms with Crippen LogP contribution in [-0.2, 0) is 13.0 Å². The number of fused-ring (bicyclic) bond motifs is 1. The van der Waals surface area contributed by atoms with Gasteiger partial charge in [0.05, 0.1) is 17.6 Å². The fourth-order valence-electron chi connectivity index (χ4n) is 3.68. The Morgan fingerprint density at radius 3 is 2.62 bits per heavy atom. The Hall–Kier alpha value is -3.12. The zero-order valence-electron chi connectivity index (χ0n) is 18.3. The number of carbonyl (C=O) groups is 1. The molecule has 5 nitrogen and oxygen atoms in total. The van der Waals surface area contributed by atoms with E-state index < -0.39 is 0 Å². The van der Waals surface area contributed by atoms with Gasteiger partial charge < -0.3 is 14.6 Å². The van der Waals surface area contributed by atoms with Crippen LogP contribution in [0.3, 0.4) is 0 Å². The SMILES string of the molecule is Cc1cccc(OCCn2c(CCNC(=O)c3ccc(Br)cc3)nc3ccccc32)c1C. The third-order valence-corrected chi connectivity index (χ3v) is 6.13. The Kier molecular flexibility index (Phi) is 6.90. The number of ether oxygens (including phenoxy) is 1. The van der Waals surface area contributed by atoms with Crippen LogP contribution in [0, 0.1) is 13.8 Å². The molecule has 32 heavy (non-hydrogen) atoms. The molecule has 4 aromatic rings. The summed E-state index contributed by atoms with van der Waals surface area (Å²) in [7, 11) is 0. The molecule has 0 aliphatic carbocycles. The third kappa shape index (κ3) is 5.02. The molecule has 164 valence electrons. The van der Waals surface area contributed by atoms with Gasteiger partial charge in [0, 0.05) is 23.0 Å². The van der Waals surface area contributed by atoms with Crippen molar-refractivity contribution < 1.29 is 9.53 Å². The van der Waals surface area contributed by atoms with Crippen LogP contribution < -0.4 is 10.1 Å². The van der Waals surface area contributed by atoms with Crippen LogP contribution in [0.5, 0.6) is 5.75 Å². The van der Waals surface area contributed by atoms with Crippen LogP contribution in [0.2, 0.25) is 0 Å². The van der Waals surface area contributed by atoms with Crippen molar-refractivity contribution in [2.24, 2.45) is 0 Å². The van der Waals surface area contributed by atoms with Gasteiger partial charge in [0.1, 0.15) is 18.2 Å². The van der Waals surface area contributed by atoms with E-state index >= 15 is 0 Å². The van der Waals surface area contributed by atoms with Gasteiger partial charge in [-0.2, -0.15) is 0 Å². The average molecular weight is 492 g/mol. The lowest BCUT2D eigenvalue weighted by atomic mass is 10.1. The molecule has 0 spiro atoms. The number of hydrogen-bond donors (Lipinski definition) is 1. The van der Waals surface area contributed by atoms with Crippen LogP contribution >= 0.6 is 15.9 Å². The molecule has 0 saturated heterocycles. The number of amides is 1. The van der Waals surface area contributed by atoms with E-state index in [1.807, 2.05) is 42.5 Å². The average Bonchev–Trinajstić information content (AvgIpc) is 3.14. The summed E-state index contributed by atoms with van der Waals surface area (Å²) in [5.74, 6) is 1.77. The van der Waals surface area contributed by atoms with Gasteiger partial charge >= 0.3 is 0 Å². The van der Waals surface area contributed by atoms with E-state index in [2.05, 4.69) is 51.8 Å². The lowest BCUT2D eigenvalue weighted by Gasteiger charge is -2.13. The molecule has 0 bridgehead atoms. The highest BCUT2D eigenvalue weighted by molar-refractivity contribution is 9.10. The van der Waals surface area contributed by atoms with E-state index in [0.29, 0.717) is 31.7 Å². The summed E-state index contributed by atoms with van der Waals surface area (Å²) < 4.78 is 9.22. The van der Waals surface area contributed by atoms with Crippen LogP contribution in [-0.4, -0.2) is 28.6 Å². The Labute approximate surface area is 196 Å². The number of rotatable bonds is 8. The zero-order chi connectivity index (χ0) is 22.5. The number of para-hydroxylation sites is 2. The maximum Gasteiger partial charge on any atom is 0.251 e. The molecule has 0 atom stereocenters. The quantitative estimate of drug-likeness (QED) is 0.355. The minimum Gasteiger partial charge on any atom is -0.491 e. The highest BCUT2D eigenvalue weighted by Gasteiger charge is 2.12. The maximum absolute atomic E-state index is 12.4. The first kappa shape index (κ1) is 22.1. The van der Waals surface area contributed by atoms with E-state index in [4.69, 9.17) is 9.72 Å². The van der Waals surface area contributed by atoms with Gasteiger partial charge in [-0.15, -0.1) is 0 Å². The number of nitrogens with zero attached hydrogens (tertiary/aromatic N) is 2. The molecule has 4 rings (SSSR count). The van der Waals surface area contributed by atoms with E-state index in [9.17, 15) is 4.79 Å². The molecule has 6 heteroatoms. The number of aryl methyl sites for hydroxylation is 1. The predicted octanol–water partition coefficient (Wildman–Crippen LogP) is 5.47. The van der Waals surface area contributed by atoms with Crippen LogP contribution in [0.25, 0.3) is 11.0 Å². The highest BCUT2D eigenvalue weighted by atomic mass is 79.9. The number of carbonyl (C=O) groups excluding carboxylic acids is 1. The maximum atomic E-state index is 12.4. The molecule has 1 aromatic heterocycles. The van der Waals surface area contributed by atoms with E-state index in [1.165, 1.54) is 11.1 Å². The van der Waals surface area contributed by atoms with Gasteiger partial charge in [-0.1, -0.05) is 40.2 Å². The van der Waals surface area contributed by atoms with Gasteiger partial charge in [-0.3, -0.25) is 4.79 Å². The number of halogens is 1. The molecule has 1 heterocycles. The number of imidazole rings is 1. The molecule has 0 aliphatic rings. The number of nitrogens with one attached hydrogen (secondary N) is 1. The largest absolute Gasteiger partial charge is 0.491 e. The van der Waals surface area contributed by atoms with Crippen molar-refractivity contribution in [1.29, 1.82) is 0 Å². The number of hydrogen-bond acceptors (Lipinski definition) is 3. The van der Waals surface area contributed by atoms with Crippen molar-refractivity contribution in [3.05, 3.63) is 93.7 Å². The predicted molar refractivity (Wildman–Crippen MR) is 131 cm³/mol. The van der Waals surface area contributed by atoms with Gasteiger partial charge in [-0.05, 0) is 67.4 Å². The van der Waals surface area contributed by atoms with Gasteiger partial charge in [0.2, 0.25) is 0 Å². The minimum atomic E-state index is -0.0848. The second-order valence-electron chi connectivity index (χ2n) is 7.73. The fourth-order valence-corrected chi connectivity index (χ4v) is 3.95. The molecule has 0 fully saturated rings. The summed E-state index contributed by atoms with van der Waals surface area (Å²) in [6, 6.07) is 21.6. The van der Waals surface area contributed by atoms with E-state index in [0.717, 1.165) is 27.1 Å². The molecule has 3 aromatic carbocycles. The second kappa shape index (κ2) is 10.0. The fraction of sp³-hybridized carbons (Fsp3) is 0.231. The topological polar surface area (TPSA) is 56.1 Å². The first-order chi connectivity index (χ1) is 15.5. The summed E-state index contributed by atoms with van der Waals surface area (Å²) in [6.45, 7) is 5.91. The summed E-state index contributed by atoms with van der Waals surface area (Å²) in [4.78, 5) is 17.2. The number of benzene rings is 3.